The fraction of sp³-hybridized carbons (Fsp3) is 0.455. The summed E-state index contributed by atoms with van der Waals surface area (Å²) in [6.07, 6.45) is 0.486. The molecule has 84 valence electrons. The third-order valence-corrected chi connectivity index (χ3v) is 2.15. The van der Waals surface area contributed by atoms with E-state index in [0.717, 1.165) is 6.07 Å². The maximum atomic E-state index is 13.4. The lowest BCUT2D eigenvalue weighted by Crippen LogP contribution is -2.15. The Morgan fingerprint density at radius 1 is 1.20 bits per heavy atom. The fourth-order valence-corrected chi connectivity index (χ4v) is 1.26. The van der Waals surface area contributed by atoms with Crippen LogP contribution in [-0.4, -0.2) is 32.6 Å². The molecule has 0 heterocycles. The molecule has 15 heavy (non-hydrogen) atoms. The summed E-state index contributed by atoms with van der Waals surface area (Å²) in [6.45, 7) is 0.683. The number of halogens is 2. The smallest absolute Gasteiger partial charge is 0.165 e. The van der Waals surface area contributed by atoms with Crippen LogP contribution in [0.5, 0.6) is 5.75 Å². The molecule has 0 amide bonds. The first-order valence-electron chi connectivity index (χ1n) is 4.71. The highest BCUT2D eigenvalue weighted by molar-refractivity contribution is 5.31. The zero-order valence-corrected chi connectivity index (χ0v) is 9.18. The lowest BCUT2D eigenvalue weighted by Gasteiger charge is -2.11. The standard InChI is InChI=1S/C11H15F2NO/c1-14(2)5-4-8-6-10(13)11(15-3)7-9(8)12/h6-7H,4-5H2,1-3H3. The van der Waals surface area contributed by atoms with Gasteiger partial charge in [-0.3, -0.25) is 0 Å². The topological polar surface area (TPSA) is 12.5 Å². The molecule has 0 fully saturated rings. The molecule has 0 spiro atoms. The van der Waals surface area contributed by atoms with Crippen molar-refractivity contribution >= 4 is 0 Å². The maximum absolute atomic E-state index is 13.4. The van der Waals surface area contributed by atoms with Gasteiger partial charge in [0, 0.05) is 12.6 Å². The first kappa shape index (κ1) is 11.9. The van der Waals surface area contributed by atoms with Crippen molar-refractivity contribution in [3.63, 3.8) is 0 Å². The number of ether oxygens (including phenoxy) is 1. The third-order valence-electron chi connectivity index (χ3n) is 2.15. The van der Waals surface area contributed by atoms with Crippen molar-refractivity contribution in [3.8, 4) is 5.75 Å². The molecule has 0 unspecified atom stereocenters. The molecule has 0 radical (unpaired) electrons. The molecule has 0 saturated heterocycles. The molecule has 0 N–H and O–H groups in total. The quantitative estimate of drug-likeness (QED) is 0.762. The molecule has 1 aromatic rings. The maximum Gasteiger partial charge on any atom is 0.165 e. The van der Waals surface area contributed by atoms with E-state index in [1.165, 1.54) is 13.2 Å². The summed E-state index contributed by atoms with van der Waals surface area (Å²) in [4.78, 5) is 1.92. The molecule has 0 bridgehead atoms. The van der Waals surface area contributed by atoms with Gasteiger partial charge in [0.05, 0.1) is 7.11 Å². The molecule has 0 atom stereocenters. The minimum atomic E-state index is -0.521. The highest BCUT2D eigenvalue weighted by atomic mass is 19.1. The molecule has 1 rings (SSSR count). The Hall–Kier alpha value is -1.16. The van der Waals surface area contributed by atoms with E-state index in [9.17, 15) is 8.78 Å². The van der Waals surface area contributed by atoms with Crippen molar-refractivity contribution in [3.05, 3.63) is 29.3 Å². The second-order valence-corrected chi connectivity index (χ2v) is 3.63. The summed E-state index contributed by atoms with van der Waals surface area (Å²) in [7, 11) is 5.09. The normalized spacial score (nSPS) is 10.8. The summed E-state index contributed by atoms with van der Waals surface area (Å²) >= 11 is 0. The van der Waals surface area contributed by atoms with Crippen LogP contribution in [0.1, 0.15) is 5.56 Å². The van der Waals surface area contributed by atoms with Gasteiger partial charge in [0.25, 0.3) is 0 Å². The number of hydrogen-bond donors (Lipinski definition) is 0. The minimum Gasteiger partial charge on any atom is -0.494 e. The van der Waals surface area contributed by atoms with Gasteiger partial charge in [-0.25, -0.2) is 8.78 Å². The van der Waals surface area contributed by atoms with Crippen LogP contribution < -0.4 is 4.74 Å². The Morgan fingerprint density at radius 2 is 1.87 bits per heavy atom. The van der Waals surface area contributed by atoms with Gasteiger partial charge in [0.2, 0.25) is 0 Å². The van der Waals surface area contributed by atoms with Crippen molar-refractivity contribution in [1.29, 1.82) is 0 Å². The highest BCUT2D eigenvalue weighted by Crippen LogP contribution is 2.21. The van der Waals surface area contributed by atoms with E-state index in [-0.39, 0.29) is 5.75 Å². The minimum absolute atomic E-state index is 0.0545. The van der Waals surface area contributed by atoms with Crippen molar-refractivity contribution in [2.45, 2.75) is 6.42 Å². The van der Waals surface area contributed by atoms with E-state index in [1.807, 2.05) is 19.0 Å². The van der Waals surface area contributed by atoms with Gasteiger partial charge in [0.15, 0.2) is 11.6 Å². The highest BCUT2D eigenvalue weighted by Gasteiger charge is 2.10. The number of benzene rings is 1. The molecule has 0 aliphatic heterocycles. The number of methoxy groups -OCH3 is 1. The van der Waals surface area contributed by atoms with E-state index < -0.39 is 11.6 Å². The van der Waals surface area contributed by atoms with Crippen LogP contribution in [0.4, 0.5) is 8.78 Å². The average Bonchev–Trinajstić information content (AvgIpc) is 2.18. The molecule has 1 aromatic carbocycles. The lowest BCUT2D eigenvalue weighted by atomic mass is 10.1. The van der Waals surface area contributed by atoms with Crippen molar-refractivity contribution in [2.75, 3.05) is 27.7 Å². The zero-order chi connectivity index (χ0) is 11.4. The van der Waals surface area contributed by atoms with Crippen LogP contribution in [0.15, 0.2) is 12.1 Å². The summed E-state index contributed by atoms with van der Waals surface area (Å²) in [5, 5.41) is 0. The summed E-state index contributed by atoms with van der Waals surface area (Å²) in [6, 6.07) is 2.28. The van der Waals surface area contributed by atoms with Crippen molar-refractivity contribution < 1.29 is 13.5 Å². The largest absolute Gasteiger partial charge is 0.494 e. The van der Waals surface area contributed by atoms with E-state index in [0.29, 0.717) is 18.5 Å². The molecule has 0 aliphatic carbocycles. The third kappa shape index (κ3) is 3.16. The average molecular weight is 215 g/mol. The van der Waals surface area contributed by atoms with Crippen LogP contribution >= 0.6 is 0 Å². The van der Waals surface area contributed by atoms with Crippen LogP contribution in [0.25, 0.3) is 0 Å². The number of likely N-dealkylation sites (N-methyl/N-ethyl adjacent to an activating group) is 1. The van der Waals surface area contributed by atoms with E-state index in [2.05, 4.69) is 4.74 Å². The first-order chi connectivity index (χ1) is 7.04. The number of hydrogen-bond acceptors (Lipinski definition) is 2. The molecule has 0 aliphatic rings. The Balaban J connectivity index is 2.85. The zero-order valence-electron chi connectivity index (χ0n) is 9.18. The van der Waals surface area contributed by atoms with Crippen LogP contribution in [0, 0.1) is 11.6 Å². The Bertz CT molecular complexity index is 340. The molecule has 0 aromatic heterocycles. The van der Waals surface area contributed by atoms with Gasteiger partial charge in [-0.15, -0.1) is 0 Å². The van der Waals surface area contributed by atoms with Gasteiger partial charge < -0.3 is 9.64 Å². The molecular formula is C11H15F2NO. The predicted octanol–water partition coefficient (Wildman–Crippen LogP) is 2.08. The van der Waals surface area contributed by atoms with Crippen LogP contribution in [-0.2, 0) is 6.42 Å². The van der Waals surface area contributed by atoms with E-state index in [1.54, 1.807) is 0 Å². The fourth-order valence-electron chi connectivity index (χ4n) is 1.26. The second kappa shape index (κ2) is 5.07. The number of nitrogens with zero attached hydrogens (tertiary/aromatic N) is 1. The van der Waals surface area contributed by atoms with Gasteiger partial charge in [-0.1, -0.05) is 0 Å². The van der Waals surface area contributed by atoms with Gasteiger partial charge >= 0.3 is 0 Å². The SMILES string of the molecule is COc1cc(F)c(CCN(C)C)cc1F. The second-order valence-electron chi connectivity index (χ2n) is 3.63. The van der Waals surface area contributed by atoms with Crippen LogP contribution in [0.2, 0.25) is 0 Å². The van der Waals surface area contributed by atoms with Gasteiger partial charge in [-0.2, -0.15) is 0 Å². The Morgan fingerprint density at radius 3 is 2.40 bits per heavy atom. The lowest BCUT2D eigenvalue weighted by molar-refractivity contribution is 0.379. The Kier molecular flexibility index (Phi) is 4.03. The van der Waals surface area contributed by atoms with E-state index in [4.69, 9.17) is 0 Å². The van der Waals surface area contributed by atoms with Crippen molar-refractivity contribution in [2.24, 2.45) is 0 Å². The predicted molar refractivity (Wildman–Crippen MR) is 55.2 cm³/mol. The number of rotatable bonds is 4. The summed E-state index contributed by atoms with van der Waals surface area (Å²) in [5.74, 6) is -0.996. The summed E-state index contributed by atoms with van der Waals surface area (Å²) < 4.78 is 31.3. The van der Waals surface area contributed by atoms with Crippen LogP contribution in [0.3, 0.4) is 0 Å². The van der Waals surface area contributed by atoms with E-state index >= 15 is 0 Å². The first-order valence-corrected chi connectivity index (χ1v) is 4.71. The monoisotopic (exact) mass is 215 g/mol. The molecule has 4 heteroatoms. The molecule has 2 nitrogen and oxygen atoms in total. The van der Waals surface area contributed by atoms with Gasteiger partial charge in [-0.05, 0) is 32.1 Å². The van der Waals surface area contributed by atoms with Gasteiger partial charge in [0.1, 0.15) is 5.82 Å². The Labute approximate surface area is 88.5 Å². The summed E-state index contributed by atoms with van der Waals surface area (Å²) in [5.41, 5.74) is 0.377. The molecular weight excluding hydrogens is 200 g/mol. The molecule has 0 saturated carbocycles. The van der Waals surface area contributed by atoms with Crippen molar-refractivity contribution in [1.82, 2.24) is 4.90 Å².